The Bertz CT molecular complexity index is 846. The Hall–Kier alpha value is -2.74. The number of carbonyl (C=O) groups excluding carboxylic acids is 4. The third-order valence-electron chi connectivity index (χ3n) is 4.82. The molecule has 7 nitrogen and oxygen atoms in total. The molecule has 0 unspecified atom stereocenters. The first kappa shape index (κ1) is 20.0. The number of esters is 1. The van der Waals surface area contributed by atoms with Crippen molar-refractivity contribution in [1.82, 2.24) is 4.90 Å². The summed E-state index contributed by atoms with van der Waals surface area (Å²) in [5.74, 6) is -3.83. The zero-order valence-electron chi connectivity index (χ0n) is 15.0. The minimum Gasteiger partial charge on any atom is -0.454 e. The van der Waals surface area contributed by atoms with E-state index in [4.69, 9.17) is 16.3 Å². The highest BCUT2D eigenvalue weighted by Crippen LogP contribution is 2.36. The number of benzene rings is 1. The lowest BCUT2D eigenvalue weighted by Crippen LogP contribution is -2.45. The summed E-state index contributed by atoms with van der Waals surface area (Å²) in [6, 6.07) is 2.49. The topological polar surface area (TPSA) is 92.8 Å². The van der Waals surface area contributed by atoms with E-state index in [-0.39, 0.29) is 10.7 Å². The molecule has 1 aromatic rings. The molecular weight excluding hydrogens is 391 g/mol. The van der Waals surface area contributed by atoms with Crippen molar-refractivity contribution < 1.29 is 28.3 Å². The molecule has 0 saturated carbocycles. The van der Waals surface area contributed by atoms with Crippen LogP contribution in [0, 0.1) is 17.7 Å². The van der Waals surface area contributed by atoms with Crippen LogP contribution in [-0.4, -0.2) is 41.2 Å². The van der Waals surface area contributed by atoms with Crippen LogP contribution in [0.5, 0.6) is 0 Å². The highest BCUT2D eigenvalue weighted by atomic mass is 35.5. The fourth-order valence-corrected chi connectivity index (χ4v) is 3.52. The second-order valence-corrected chi connectivity index (χ2v) is 7.07. The van der Waals surface area contributed by atoms with E-state index in [1.807, 2.05) is 12.2 Å². The number of hydrogen-bond acceptors (Lipinski definition) is 5. The molecule has 0 radical (unpaired) electrons. The number of carbonyl (C=O) groups is 4. The monoisotopic (exact) mass is 408 g/mol. The third-order valence-corrected chi connectivity index (χ3v) is 5.11. The van der Waals surface area contributed by atoms with Gasteiger partial charge in [-0.25, -0.2) is 9.18 Å². The molecular formula is C19H18ClFN2O5. The molecule has 1 aromatic carbocycles. The van der Waals surface area contributed by atoms with Gasteiger partial charge in [-0.2, -0.15) is 0 Å². The fraction of sp³-hybridized carbons (Fsp3) is 0.368. The number of rotatable bonds is 5. The van der Waals surface area contributed by atoms with E-state index in [2.05, 4.69) is 5.32 Å². The standard InChI is InChI=1S/C19H18ClFN2O5/c1-10(23-17(25)12-4-2-3-5-13(12)18(23)26)19(27)28-9-16(24)22-11-6-7-15(21)14(20)8-11/h2-3,6-8,10,12-13H,4-5,9H2,1H3,(H,22,24)/t10-,12+,13+/m0/s1. The van der Waals surface area contributed by atoms with Gasteiger partial charge in [-0.05, 0) is 38.0 Å². The summed E-state index contributed by atoms with van der Waals surface area (Å²) >= 11 is 5.63. The fourth-order valence-electron chi connectivity index (χ4n) is 3.34. The molecule has 1 heterocycles. The highest BCUT2D eigenvalue weighted by Gasteiger charge is 2.50. The van der Waals surface area contributed by atoms with Crippen molar-refractivity contribution in [2.75, 3.05) is 11.9 Å². The second-order valence-electron chi connectivity index (χ2n) is 6.66. The smallest absolute Gasteiger partial charge is 0.329 e. The van der Waals surface area contributed by atoms with E-state index in [9.17, 15) is 23.6 Å². The lowest BCUT2D eigenvalue weighted by Gasteiger charge is -2.21. The summed E-state index contributed by atoms with van der Waals surface area (Å²) in [6.07, 6.45) is 4.64. The summed E-state index contributed by atoms with van der Waals surface area (Å²) in [7, 11) is 0. The first-order valence-electron chi connectivity index (χ1n) is 8.73. The molecule has 1 N–H and O–H groups in total. The molecule has 1 saturated heterocycles. The molecule has 3 rings (SSSR count). The van der Waals surface area contributed by atoms with E-state index < -0.39 is 54.0 Å². The van der Waals surface area contributed by atoms with Gasteiger partial charge >= 0.3 is 5.97 Å². The van der Waals surface area contributed by atoms with Gasteiger partial charge in [0.2, 0.25) is 11.8 Å². The zero-order valence-corrected chi connectivity index (χ0v) is 15.7. The van der Waals surface area contributed by atoms with E-state index >= 15 is 0 Å². The van der Waals surface area contributed by atoms with Crippen LogP contribution in [0.1, 0.15) is 19.8 Å². The Kier molecular flexibility index (Phi) is 5.79. The van der Waals surface area contributed by atoms with Crippen LogP contribution in [0.2, 0.25) is 5.02 Å². The number of halogens is 2. The molecule has 1 aliphatic heterocycles. The zero-order chi connectivity index (χ0) is 20.4. The first-order valence-corrected chi connectivity index (χ1v) is 9.11. The van der Waals surface area contributed by atoms with Gasteiger partial charge in [-0.1, -0.05) is 23.8 Å². The van der Waals surface area contributed by atoms with Crippen LogP contribution in [0.3, 0.4) is 0 Å². The highest BCUT2D eigenvalue weighted by molar-refractivity contribution is 6.31. The summed E-state index contributed by atoms with van der Waals surface area (Å²) < 4.78 is 18.1. The van der Waals surface area contributed by atoms with Crippen molar-refractivity contribution in [3.05, 3.63) is 41.2 Å². The molecule has 2 aliphatic rings. The van der Waals surface area contributed by atoms with Gasteiger partial charge in [-0.3, -0.25) is 19.3 Å². The van der Waals surface area contributed by atoms with Gasteiger partial charge in [0, 0.05) is 5.69 Å². The van der Waals surface area contributed by atoms with Crippen molar-refractivity contribution >= 4 is 41.0 Å². The van der Waals surface area contributed by atoms with Crippen molar-refractivity contribution in [3.63, 3.8) is 0 Å². The maximum absolute atomic E-state index is 13.1. The van der Waals surface area contributed by atoms with E-state index in [0.717, 1.165) is 11.0 Å². The maximum Gasteiger partial charge on any atom is 0.329 e. The van der Waals surface area contributed by atoms with E-state index in [1.54, 1.807) is 0 Å². The minimum atomic E-state index is -1.13. The summed E-state index contributed by atoms with van der Waals surface area (Å²) in [6.45, 7) is 0.767. The Morgan fingerprint density at radius 3 is 2.43 bits per heavy atom. The summed E-state index contributed by atoms with van der Waals surface area (Å²) in [5.41, 5.74) is 0.238. The average Bonchev–Trinajstić information content (AvgIpc) is 2.93. The number of anilines is 1. The van der Waals surface area contributed by atoms with Crippen LogP contribution in [-0.2, 0) is 23.9 Å². The summed E-state index contributed by atoms with van der Waals surface area (Å²) in [5, 5.41) is 2.25. The number of likely N-dealkylation sites (tertiary alicyclic amines) is 1. The van der Waals surface area contributed by atoms with Crippen LogP contribution in [0.15, 0.2) is 30.4 Å². The number of fused-ring (bicyclic) bond motifs is 1. The number of hydrogen-bond donors (Lipinski definition) is 1. The SMILES string of the molecule is C[C@@H](C(=O)OCC(=O)Nc1ccc(F)c(Cl)c1)N1C(=O)[C@@H]2CC=CC[C@H]2C1=O. The minimum absolute atomic E-state index is 0.162. The molecule has 1 aliphatic carbocycles. The van der Waals surface area contributed by atoms with Gasteiger partial charge in [0.1, 0.15) is 11.9 Å². The van der Waals surface area contributed by atoms with Gasteiger partial charge in [0.25, 0.3) is 5.91 Å². The predicted molar refractivity (Wildman–Crippen MR) is 97.7 cm³/mol. The normalized spacial score (nSPS) is 22.0. The van der Waals surface area contributed by atoms with Gasteiger partial charge < -0.3 is 10.1 Å². The summed E-state index contributed by atoms with van der Waals surface area (Å²) in [4.78, 5) is 50.0. The third kappa shape index (κ3) is 3.91. The number of nitrogens with one attached hydrogen (secondary N) is 1. The van der Waals surface area contributed by atoms with Crippen LogP contribution in [0.4, 0.5) is 10.1 Å². The number of allylic oxidation sites excluding steroid dienone is 2. The molecule has 0 bridgehead atoms. The van der Waals surface area contributed by atoms with Crippen molar-refractivity contribution in [2.45, 2.75) is 25.8 Å². The number of nitrogens with zero attached hydrogens (tertiary/aromatic N) is 1. The van der Waals surface area contributed by atoms with Gasteiger partial charge in [0.05, 0.1) is 16.9 Å². The lowest BCUT2D eigenvalue weighted by atomic mass is 9.85. The lowest BCUT2D eigenvalue weighted by molar-refractivity contribution is -0.159. The second kappa shape index (κ2) is 8.10. The van der Waals surface area contributed by atoms with E-state index in [1.165, 1.54) is 19.1 Å². The number of amides is 3. The van der Waals surface area contributed by atoms with E-state index in [0.29, 0.717) is 12.8 Å². The Morgan fingerprint density at radius 2 is 1.86 bits per heavy atom. The Balaban J connectivity index is 1.55. The molecule has 3 amide bonds. The van der Waals surface area contributed by atoms with Crippen LogP contribution in [0.25, 0.3) is 0 Å². The number of ether oxygens (including phenoxy) is 1. The quantitative estimate of drug-likeness (QED) is 0.458. The van der Waals surface area contributed by atoms with Crippen LogP contribution < -0.4 is 5.32 Å². The molecule has 1 fully saturated rings. The molecule has 9 heteroatoms. The number of imide groups is 1. The Labute approximate surface area is 165 Å². The molecule has 3 atom stereocenters. The molecule has 148 valence electrons. The maximum atomic E-state index is 13.1. The average molecular weight is 409 g/mol. The molecule has 0 spiro atoms. The van der Waals surface area contributed by atoms with Gasteiger partial charge in [-0.15, -0.1) is 0 Å². The Morgan fingerprint density at radius 1 is 1.25 bits per heavy atom. The first-order chi connectivity index (χ1) is 13.3. The van der Waals surface area contributed by atoms with Crippen molar-refractivity contribution in [1.29, 1.82) is 0 Å². The van der Waals surface area contributed by atoms with Crippen molar-refractivity contribution in [2.24, 2.45) is 11.8 Å². The van der Waals surface area contributed by atoms with Crippen molar-refractivity contribution in [3.8, 4) is 0 Å². The largest absolute Gasteiger partial charge is 0.454 e. The molecule has 0 aromatic heterocycles. The predicted octanol–water partition coefficient (Wildman–Crippen LogP) is 2.30. The molecule has 28 heavy (non-hydrogen) atoms. The van der Waals surface area contributed by atoms with Crippen LogP contribution >= 0.6 is 11.6 Å². The van der Waals surface area contributed by atoms with Gasteiger partial charge in [0.15, 0.2) is 6.61 Å².